The minimum Gasteiger partial charge on any atom is -0.458 e. The number of Topliss-reactive ketones (excluding diaryl/α,β-unsaturated/α-hetero) is 1. The molecule has 1 aliphatic rings. The van der Waals surface area contributed by atoms with Gasteiger partial charge >= 0.3 is 5.97 Å². The molecule has 0 N–H and O–H groups in total. The molecule has 0 aromatic rings. The molecular formula is C8H10O3. The SMILES string of the molecule is C=C(C)C(=O)OC1CC(=O)C1. The summed E-state index contributed by atoms with van der Waals surface area (Å²) in [5, 5.41) is 0. The molecule has 1 aliphatic carbocycles. The Bertz CT molecular complexity index is 209. The molecule has 1 saturated carbocycles. The van der Waals surface area contributed by atoms with Crippen LogP contribution in [0.25, 0.3) is 0 Å². The molecule has 1 rings (SSSR count). The summed E-state index contributed by atoms with van der Waals surface area (Å²) in [4.78, 5) is 21.3. The number of carbonyl (C=O) groups is 2. The van der Waals surface area contributed by atoms with Gasteiger partial charge in [0.25, 0.3) is 0 Å². The summed E-state index contributed by atoms with van der Waals surface area (Å²) in [7, 11) is 0. The fraction of sp³-hybridized carbons (Fsp3) is 0.500. The van der Waals surface area contributed by atoms with Crippen LogP contribution in [-0.4, -0.2) is 17.9 Å². The van der Waals surface area contributed by atoms with Gasteiger partial charge in [0.05, 0.1) is 0 Å². The lowest BCUT2D eigenvalue weighted by Crippen LogP contribution is -2.33. The Balaban J connectivity index is 2.27. The first-order valence-corrected chi connectivity index (χ1v) is 3.48. The molecule has 0 radical (unpaired) electrons. The van der Waals surface area contributed by atoms with Crippen LogP contribution < -0.4 is 0 Å². The molecule has 0 aliphatic heterocycles. The van der Waals surface area contributed by atoms with Gasteiger partial charge in [-0.3, -0.25) is 4.79 Å². The predicted molar refractivity (Wildman–Crippen MR) is 38.9 cm³/mol. The predicted octanol–water partition coefficient (Wildman–Crippen LogP) is 0.837. The molecule has 0 saturated heterocycles. The molecular weight excluding hydrogens is 144 g/mol. The minimum atomic E-state index is -0.400. The van der Waals surface area contributed by atoms with Crippen LogP contribution >= 0.6 is 0 Å². The van der Waals surface area contributed by atoms with E-state index in [4.69, 9.17) is 4.74 Å². The standard InChI is InChI=1S/C8H10O3/c1-5(2)8(10)11-7-3-6(9)4-7/h7H,1,3-4H2,2H3. The maximum absolute atomic E-state index is 10.8. The summed E-state index contributed by atoms with van der Waals surface area (Å²) in [6, 6.07) is 0. The maximum Gasteiger partial charge on any atom is 0.333 e. The monoisotopic (exact) mass is 154 g/mol. The van der Waals surface area contributed by atoms with E-state index < -0.39 is 5.97 Å². The van der Waals surface area contributed by atoms with Crippen molar-refractivity contribution in [2.24, 2.45) is 0 Å². The third-order valence-electron chi connectivity index (χ3n) is 1.53. The van der Waals surface area contributed by atoms with Gasteiger partial charge in [-0.2, -0.15) is 0 Å². The molecule has 60 valence electrons. The van der Waals surface area contributed by atoms with Crippen molar-refractivity contribution in [3.63, 3.8) is 0 Å². The van der Waals surface area contributed by atoms with E-state index in [-0.39, 0.29) is 11.9 Å². The van der Waals surface area contributed by atoms with Gasteiger partial charge in [0.1, 0.15) is 11.9 Å². The summed E-state index contributed by atoms with van der Waals surface area (Å²) < 4.78 is 4.86. The van der Waals surface area contributed by atoms with Crippen molar-refractivity contribution >= 4 is 11.8 Å². The topological polar surface area (TPSA) is 43.4 Å². The van der Waals surface area contributed by atoms with Crippen molar-refractivity contribution in [3.8, 4) is 0 Å². The Hall–Kier alpha value is -1.12. The molecule has 0 aromatic heterocycles. The molecule has 3 heteroatoms. The zero-order chi connectivity index (χ0) is 8.43. The highest BCUT2D eigenvalue weighted by Crippen LogP contribution is 2.18. The van der Waals surface area contributed by atoms with Crippen LogP contribution in [0.4, 0.5) is 0 Å². The Labute approximate surface area is 65.0 Å². The number of carbonyl (C=O) groups excluding carboxylic acids is 2. The van der Waals surface area contributed by atoms with Crippen molar-refractivity contribution in [1.82, 2.24) is 0 Å². The van der Waals surface area contributed by atoms with Crippen LogP contribution in [0.2, 0.25) is 0 Å². The highest BCUT2D eigenvalue weighted by Gasteiger charge is 2.29. The molecule has 11 heavy (non-hydrogen) atoms. The van der Waals surface area contributed by atoms with Gasteiger partial charge in [0.15, 0.2) is 0 Å². The van der Waals surface area contributed by atoms with Gasteiger partial charge in [-0.05, 0) is 6.92 Å². The van der Waals surface area contributed by atoms with Crippen molar-refractivity contribution in [2.75, 3.05) is 0 Å². The van der Waals surface area contributed by atoms with E-state index in [1.165, 1.54) is 0 Å². The van der Waals surface area contributed by atoms with Crippen molar-refractivity contribution < 1.29 is 14.3 Å². The van der Waals surface area contributed by atoms with Crippen LogP contribution in [0.3, 0.4) is 0 Å². The van der Waals surface area contributed by atoms with E-state index in [1.54, 1.807) is 6.92 Å². The fourth-order valence-electron chi connectivity index (χ4n) is 0.783. The number of hydrogen-bond acceptors (Lipinski definition) is 3. The second kappa shape index (κ2) is 2.86. The fourth-order valence-corrected chi connectivity index (χ4v) is 0.783. The van der Waals surface area contributed by atoms with Gasteiger partial charge in [-0.25, -0.2) is 4.79 Å². The van der Waals surface area contributed by atoms with Gasteiger partial charge in [0.2, 0.25) is 0 Å². The summed E-state index contributed by atoms with van der Waals surface area (Å²) in [5.74, 6) is -0.244. The third-order valence-corrected chi connectivity index (χ3v) is 1.53. The van der Waals surface area contributed by atoms with Crippen molar-refractivity contribution in [2.45, 2.75) is 25.9 Å². The molecule has 0 amide bonds. The third kappa shape index (κ3) is 1.90. The molecule has 0 atom stereocenters. The van der Waals surface area contributed by atoms with Gasteiger partial charge < -0.3 is 4.74 Å². The second-order valence-corrected chi connectivity index (χ2v) is 2.75. The normalized spacial score (nSPS) is 17.4. The average Bonchev–Trinajstić information content (AvgIpc) is 1.84. The van der Waals surface area contributed by atoms with Crippen molar-refractivity contribution in [3.05, 3.63) is 12.2 Å². The van der Waals surface area contributed by atoms with Crippen LogP contribution in [0.15, 0.2) is 12.2 Å². The van der Waals surface area contributed by atoms with E-state index in [0.29, 0.717) is 18.4 Å². The first kappa shape index (κ1) is 7.98. The van der Waals surface area contributed by atoms with Gasteiger partial charge in [0, 0.05) is 18.4 Å². The molecule has 0 aromatic carbocycles. The number of esters is 1. The number of ketones is 1. The number of ether oxygens (including phenoxy) is 1. The molecule has 0 unspecified atom stereocenters. The lowest BCUT2D eigenvalue weighted by Gasteiger charge is -2.23. The molecule has 1 fully saturated rings. The zero-order valence-corrected chi connectivity index (χ0v) is 6.42. The zero-order valence-electron chi connectivity index (χ0n) is 6.42. The summed E-state index contributed by atoms with van der Waals surface area (Å²) in [6.07, 6.45) is 0.560. The Morgan fingerprint density at radius 3 is 2.55 bits per heavy atom. The Kier molecular flexibility index (Phi) is 2.08. The summed E-state index contributed by atoms with van der Waals surface area (Å²) in [6.45, 7) is 5.01. The van der Waals surface area contributed by atoms with E-state index >= 15 is 0 Å². The van der Waals surface area contributed by atoms with Crippen LogP contribution in [0.5, 0.6) is 0 Å². The first-order valence-electron chi connectivity index (χ1n) is 3.48. The summed E-state index contributed by atoms with van der Waals surface area (Å²) >= 11 is 0. The molecule has 0 heterocycles. The van der Waals surface area contributed by atoms with Crippen LogP contribution in [-0.2, 0) is 14.3 Å². The van der Waals surface area contributed by atoms with Gasteiger partial charge in [-0.1, -0.05) is 6.58 Å². The molecule has 3 nitrogen and oxygen atoms in total. The van der Waals surface area contributed by atoms with Gasteiger partial charge in [-0.15, -0.1) is 0 Å². The minimum absolute atomic E-state index is 0.157. The second-order valence-electron chi connectivity index (χ2n) is 2.75. The first-order chi connectivity index (χ1) is 5.09. The van der Waals surface area contributed by atoms with E-state index in [1.807, 2.05) is 0 Å². The Morgan fingerprint density at radius 1 is 1.64 bits per heavy atom. The quantitative estimate of drug-likeness (QED) is 0.437. The Morgan fingerprint density at radius 2 is 2.18 bits per heavy atom. The van der Waals surface area contributed by atoms with Crippen molar-refractivity contribution in [1.29, 1.82) is 0 Å². The van der Waals surface area contributed by atoms with E-state index in [9.17, 15) is 9.59 Å². The lowest BCUT2D eigenvalue weighted by molar-refractivity contribution is -0.152. The highest BCUT2D eigenvalue weighted by atomic mass is 16.5. The molecule has 0 spiro atoms. The maximum atomic E-state index is 10.8. The number of hydrogen-bond donors (Lipinski definition) is 0. The average molecular weight is 154 g/mol. The van der Waals surface area contributed by atoms with Crippen LogP contribution in [0.1, 0.15) is 19.8 Å². The number of rotatable bonds is 2. The van der Waals surface area contributed by atoms with Crippen LogP contribution in [0, 0.1) is 0 Å². The summed E-state index contributed by atoms with van der Waals surface area (Å²) in [5.41, 5.74) is 0.379. The largest absolute Gasteiger partial charge is 0.458 e. The van der Waals surface area contributed by atoms with E-state index in [0.717, 1.165) is 0 Å². The highest BCUT2D eigenvalue weighted by molar-refractivity contribution is 5.90. The molecule has 0 bridgehead atoms. The van der Waals surface area contributed by atoms with E-state index in [2.05, 4.69) is 6.58 Å². The smallest absolute Gasteiger partial charge is 0.333 e. The lowest BCUT2D eigenvalue weighted by atomic mass is 9.94.